The van der Waals surface area contributed by atoms with Crippen LogP contribution in [-0.4, -0.2) is 54.0 Å². The quantitative estimate of drug-likeness (QED) is 0.776. The van der Waals surface area contributed by atoms with Gasteiger partial charge in [-0.3, -0.25) is 9.59 Å². The van der Waals surface area contributed by atoms with Crippen molar-refractivity contribution in [2.24, 2.45) is 17.8 Å². The van der Waals surface area contributed by atoms with Crippen molar-refractivity contribution in [3.8, 4) is 0 Å². The van der Waals surface area contributed by atoms with Crippen LogP contribution in [0.4, 0.5) is 13.2 Å². The fourth-order valence-electron chi connectivity index (χ4n) is 3.00. The molecule has 1 heterocycles. The number of carbonyl (C=O) groups excluding carboxylic acids is 2. The molecule has 3 atom stereocenters. The van der Waals surface area contributed by atoms with Crippen LogP contribution in [0.3, 0.4) is 0 Å². The van der Waals surface area contributed by atoms with E-state index >= 15 is 0 Å². The Morgan fingerprint density at radius 1 is 1.26 bits per heavy atom. The van der Waals surface area contributed by atoms with Gasteiger partial charge in [-0.1, -0.05) is 0 Å². The van der Waals surface area contributed by atoms with E-state index in [9.17, 15) is 22.8 Å². The summed E-state index contributed by atoms with van der Waals surface area (Å²) < 4.78 is 36.8. The molecule has 1 aliphatic heterocycles. The third-order valence-corrected chi connectivity index (χ3v) is 4.16. The first-order valence-electron chi connectivity index (χ1n) is 6.37. The zero-order valence-corrected chi connectivity index (χ0v) is 10.9. The summed E-state index contributed by atoms with van der Waals surface area (Å²) in [5.74, 6) is -1.26. The minimum absolute atomic E-state index is 0.0179. The molecule has 0 aromatic rings. The fourth-order valence-corrected chi connectivity index (χ4v) is 3.00. The maximum absolute atomic E-state index is 12.3. The van der Waals surface area contributed by atoms with Crippen LogP contribution in [0.5, 0.6) is 0 Å². The van der Waals surface area contributed by atoms with Gasteiger partial charge in [-0.15, -0.1) is 0 Å². The molecule has 0 aromatic carbocycles. The average Bonchev–Trinajstić information content (AvgIpc) is 2.75. The van der Waals surface area contributed by atoms with Crippen LogP contribution in [0.15, 0.2) is 0 Å². The van der Waals surface area contributed by atoms with E-state index in [2.05, 4.69) is 0 Å². The molecular weight excluding hydrogens is 261 g/mol. The van der Waals surface area contributed by atoms with E-state index in [1.807, 2.05) is 6.92 Å². The van der Waals surface area contributed by atoms with E-state index < -0.39 is 12.1 Å². The number of hydrogen-bond donors (Lipinski definition) is 0. The summed E-state index contributed by atoms with van der Waals surface area (Å²) in [5, 5.41) is 0. The molecule has 0 radical (unpaired) electrons. The molecular formula is C12H17F3N2O2. The Hall–Kier alpha value is -1.27. The summed E-state index contributed by atoms with van der Waals surface area (Å²) in [7, 11) is 0. The Morgan fingerprint density at radius 3 is 2.16 bits per heavy atom. The van der Waals surface area contributed by atoms with Crippen LogP contribution < -0.4 is 0 Å². The Balaban J connectivity index is 1.84. The van der Waals surface area contributed by atoms with E-state index in [0.29, 0.717) is 13.1 Å². The van der Waals surface area contributed by atoms with Crippen molar-refractivity contribution >= 4 is 11.8 Å². The van der Waals surface area contributed by atoms with Gasteiger partial charge in [0, 0.05) is 33.1 Å². The molecule has 4 nitrogen and oxygen atoms in total. The Morgan fingerprint density at radius 2 is 1.79 bits per heavy atom. The average molecular weight is 278 g/mol. The molecule has 1 saturated carbocycles. The second-order valence-corrected chi connectivity index (χ2v) is 5.26. The molecule has 0 N–H and O–H groups in total. The lowest BCUT2D eigenvalue weighted by Crippen LogP contribution is -2.42. The topological polar surface area (TPSA) is 40.6 Å². The standard InChI is InChI=1S/C12H17F3N2O2/c1-3-16(7(2)18)4-8-9-5-17(6-10(8)9)11(19)12(13,14)15/h8-10H,3-6H2,1-2H3/t8?,9-,10+. The highest BCUT2D eigenvalue weighted by Crippen LogP contribution is 2.52. The zero-order valence-electron chi connectivity index (χ0n) is 10.9. The van der Waals surface area contributed by atoms with E-state index in [4.69, 9.17) is 0 Å². The second-order valence-electron chi connectivity index (χ2n) is 5.26. The van der Waals surface area contributed by atoms with Gasteiger partial charge in [0.15, 0.2) is 0 Å². The molecule has 2 amide bonds. The molecule has 2 rings (SSSR count). The number of fused-ring (bicyclic) bond motifs is 1. The number of rotatable bonds is 3. The normalized spacial score (nSPS) is 29.1. The summed E-state index contributed by atoms with van der Waals surface area (Å²) in [6.45, 7) is 4.90. The van der Waals surface area contributed by atoms with Gasteiger partial charge in [-0.05, 0) is 24.7 Å². The summed E-state index contributed by atoms with van der Waals surface area (Å²) in [6, 6.07) is 0. The highest BCUT2D eigenvalue weighted by Gasteiger charge is 2.59. The largest absolute Gasteiger partial charge is 0.471 e. The number of amides is 2. The summed E-state index contributed by atoms with van der Waals surface area (Å²) in [6.07, 6.45) is -4.78. The number of likely N-dealkylation sites (tertiary alicyclic amines) is 1. The maximum atomic E-state index is 12.3. The molecule has 1 unspecified atom stereocenters. The minimum Gasteiger partial charge on any atom is -0.343 e. The lowest BCUT2D eigenvalue weighted by Gasteiger charge is -2.24. The lowest BCUT2D eigenvalue weighted by molar-refractivity contribution is -0.185. The van der Waals surface area contributed by atoms with E-state index in [-0.39, 0.29) is 36.8 Å². The molecule has 7 heteroatoms. The molecule has 108 valence electrons. The van der Waals surface area contributed by atoms with Gasteiger partial charge in [-0.2, -0.15) is 13.2 Å². The maximum Gasteiger partial charge on any atom is 0.471 e. The van der Waals surface area contributed by atoms with E-state index in [1.54, 1.807) is 4.90 Å². The summed E-state index contributed by atoms with van der Waals surface area (Å²) in [5.41, 5.74) is 0. The smallest absolute Gasteiger partial charge is 0.343 e. The zero-order chi connectivity index (χ0) is 14.4. The second kappa shape index (κ2) is 4.68. The number of piperidine rings is 1. The van der Waals surface area contributed by atoms with Crippen LogP contribution in [0, 0.1) is 17.8 Å². The first-order valence-corrected chi connectivity index (χ1v) is 6.37. The summed E-state index contributed by atoms with van der Waals surface area (Å²) >= 11 is 0. The van der Waals surface area contributed by atoms with Crippen molar-refractivity contribution in [2.75, 3.05) is 26.2 Å². The molecule has 2 aliphatic rings. The third kappa shape index (κ3) is 2.69. The number of hydrogen-bond acceptors (Lipinski definition) is 2. The number of alkyl halides is 3. The predicted octanol–water partition coefficient (Wildman–Crippen LogP) is 1.12. The van der Waals surface area contributed by atoms with Gasteiger partial charge in [-0.25, -0.2) is 0 Å². The molecule has 2 fully saturated rings. The summed E-state index contributed by atoms with van der Waals surface area (Å²) in [4.78, 5) is 24.9. The number of nitrogens with zero attached hydrogens (tertiary/aromatic N) is 2. The highest BCUT2D eigenvalue weighted by atomic mass is 19.4. The number of halogens is 3. The van der Waals surface area contributed by atoms with Gasteiger partial charge >= 0.3 is 12.1 Å². The van der Waals surface area contributed by atoms with Gasteiger partial charge in [0.2, 0.25) is 5.91 Å². The van der Waals surface area contributed by atoms with Crippen LogP contribution in [0.1, 0.15) is 13.8 Å². The SMILES string of the molecule is CCN(CC1[C@H]2CN(C(=O)C(F)(F)F)C[C@@H]12)C(C)=O. The van der Waals surface area contributed by atoms with Crippen LogP contribution in [0.2, 0.25) is 0 Å². The van der Waals surface area contributed by atoms with Gasteiger partial charge in [0.1, 0.15) is 0 Å². The monoisotopic (exact) mass is 278 g/mol. The Labute approximate surface area is 109 Å². The van der Waals surface area contributed by atoms with Crippen molar-refractivity contribution < 1.29 is 22.8 Å². The number of carbonyl (C=O) groups is 2. The van der Waals surface area contributed by atoms with E-state index in [1.165, 1.54) is 6.92 Å². The molecule has 0 bridgehead atoms. The van der Waals surface area contributed by atoms with Gasteiger partial charge < -0.3 is 9.80 Å². The van der Waals surface area contributed by atoms with E-state index in [0.717, 1.165) is 4.90 Å². The van der Waals surface area contributed by atoms with Crippen molar-refractivity contribution in [3.63, 3.8) is 0 Å². The Bertz CT molecular complexity index is 385. The first-order chi connectivity index (χ1) is 8.75. The first kappa shape index (κ1) is 14.1. The molecule has 1 aliphatic carbocycles. The van der Waals surface area contributed by atoms with Gasteiger partial charge in [0.25, 0.3) is 0 Å². The van der Waals surface area contributed by atoms with Crippen molar-refractivity contribution in [2.45, 2.75) is 20.0 Å². The fraction of sp³-hybridized carbons (Fsp3) is 0.833. The molecule has 1 saturated heterocycles. The van der Waals surface area contributed by atoms with Crippen LogP contribution in [0.25, 0.3) is 0 Å². The molecule has 0 spiro atoms. The minimum atomic E-state index is -4.78. The van der Waals surface area contributed by atoms with Crippen LogP contribution >= 0.6 is 0 Å². The van der Waals surface area contributed by atoms with Gasteiger partial charge in [0.05, 0.1) is 0 Å². The molecule has 0 aromatic heterocycles. The third-order valence-electron chi connectivity index (χ3n) is 4.16. The van der Waals surface area contributed by atoms with Crippen LogP contribution in [-0.2, 0) is 9.59 Å². The highest BCUT2D eigenvalue weighted by molar-refractivity contribution is 5.82. The van der Waals surface area contributed by atoms with Crippen molar-refractivity contribution in [1.82, 2.24) is 9.80 Å². The molecule has 19 heavy (non-hydrogen) atoms. The predicted molar refractivity (Wildman–Crippen MR) is 61.0 cm³/mol. The van der Waals surface area contributed by atoms with Crippen molar-refractivity contribution in [3.05, 3.63) is 0 Å². The Kier molecular flexibility index (Phi) is 3.49. The lowest BCUT2D eigenvalue weighted by atomic mass is 10.2. The van der Waals surface area contributed by atoms with Crippen molar-refractivity contribution in [1.29, 1.82) is 0 Å².